The van der Waals surface area contributed by atoms with Gasteiger partial charge in [0.1, 0.15) is 0 Å². The summed E-state index contributed by atoms with van der Waals surface area (Å²) in [4.78, 5) is 7.99. The molecule has 7 heteroatoms. The minimum Gasteiger partial charge on any atom is -0.371 e. The fraction of sp³-hybridized carbons (Fsp3) is 0.538. The van der Waals surface area contributed by atoms with E-state index in [4.69, 9.17) is 10.5 Å². The van der Waals surface area contributed by atoms with Crippen LogP contribution < -0.4 is 5.73 Å². The van der Waals surface area contributed by atoms with Crippen LogP contribution in [0.1, 0.15) is 28.3 Å². The molecular weight excluding hydrogens is 274 g/mol. The van der Waals surface area contributed by atoms with Gasteiger partial charge >= 0.3 is 0 Å². The van der Waals surface area contributed by atoms with Gasteiger partial charge in [0.15, 0.2) is 0 Å². The summed E-state index contributed by atoms with van der Waals surface area (Å²) >= 11 is 1.68. The molecule has 0 aliphatic carbocycles. The molecule has 1 aliphatic rings. The highest BCUT2D eigenvalue weighted by Gasteiger charge is 2.29. The maximum absolute atomic E-state index is 6.01. The summed E-state index contributed by atoms with van der Waals surface area (Å²) < 4.78 is 5.84. The predicted molar refractivity (Wildman–Crippen MR) is 77.5 cm³/mol. The summed E-state index contributed by atoms with van der Waals surface area (Å²) in [6.45, 7) is 5.08. The molecule has 2 unspecified atom stereocenters. The molecule has 0 spiro atoms. The molecule has 0 amide bonds. The largest absolute Gasteiger partial charge is 0.371 e. The van der Waals surface area contributed by atoms with Gasteiger partial charge in [-0.2, -0.15) is 5.10 Å². The van der Waals surface area contributed by atoms with Crippen LogP contribution in [0.25, 0.3) is 0 Å². The lowest BCUT2D eigenvalue weighted by Crippen LogP contribution is -2.43. The topological polar surface area (TPSA) is 80.1 Å². The lowest BCUT2D eigenvalue weighted by atomic mass is 10.1. The van der Waals surface area contributed by atoms with E-state index in [2.05, 4.69) is 20.1 Å². The molecule has 2 atom stereocenters. The zero-order valence-corrected chi connectivity index (χ0v) is 12.3. The third-order valence-corrected chi connectivity index (χ3v) is 4.77. The van der Waals surface area contributed by atoms with Crippen LogP contribution >= 0.6 is 11.3 Å². The van der Waals surface area contributed by atoms with Gasteiger partial charge in [-0.1, -0.05) is 0 Å². The van der Waals surface area contributed by atoms with Crippen LogP contribution in [0.5, 0.6) is 0 Å². The third-order valence-electron chi connectivity index (χ3n) is 3.74. The molecular formula is C13H19N5OS. The van der Waals surface area contributed by atoms with Crippen LogP contribution in [0.3, 0.4) is 0 Å². The molecule has 3 rings (SSSR count). The van der Waals surface area contributed by atoms with E-state index in [-0.39, 0.29) is 12.1 Å². The van der Waals surface area contributed by atoms with E-state index in [0.29, 0.717) is 13.2 Å². The third kappa shape index (κ3) is 2.62. The fourth-order valence-corrected chi connectivity index (χ4v) is 3.59. The smallest absolute Gasteiger partial charge is 0.0982 e. The van der Waals surface area contributed by atoms with Crippen molar-refractivity contribution in [2.75, 3.05) is 26.2 Å². The quantitative estimate of drug-likeness (QED) is 0.887. The van der Waals surface area contributed by atoms with Crippen LogP contribution in [-0.4, -0.2) is 46.3 Å². The van der Waals surface area contributed by atoms with E-state index in [9.17, 15) is 0 Å². The number of hydrogen-bond donors (Lipinski definition) is 2. The molecule has 3 heterocycles. The highest BCUT2D eigenvalue weighted by molar-refractivity contribution is 7.09. The van der Waals surface area contributed by atoms with E-state index >= 15 is 0 Å². The summed E-state index contributed by atoms with van der Waals surface area (Å²) in [5, 5.41) is 6.84. The lowest BCUT2D eigenvalue weighted by molar-refractivity contribution is -0.0440. The summed E-state index contributed by atoms with van der Waals surface area (Å²) in [6.07, 6.45) is 3.78. The highest BCUT2D eigenvalue weighted by Crippen LogP contribution is 2.31. The molecule has 0 saturated carbocycles. The molecule has 1 fully saturated rings. The van der Waals surface area contributed by atoms with Gasteiger partial charge in [-0.05, 0) is 6.92 Å². The molecule has 0 bridgehead atoms. The van der Waals surface area contributed by atoms with Crippen LogP contribution in [0, 0.1) is 6.92 Å². The number of thiazole rings is 1. The Labute approximate surface area is 122 Å². The lowest BCUT2D eigenvalue weighted by Gasteiger charge is -2.37. The molecule has 0 radical (unpaired) electrons. The molecule has 2 aromatic rings. The Hall–Kier alpha value is -1.28. The van der Waals surface area contributed by atoms with Gasteiger partial charge in [0.05, 0.1) is 36.2 Å². The Morgan fingerprint density at radius 2 is 2.55 bits per heavy atom. The maximum Gasteiger partial charge on any atom is 0.0982 e. The van der Waals surface area contributed by atoms with E-state index in [0.717, 1.165) is 24.3 Å². The van der Waals surface area contributed by atoms with Gasteiger partial charge < -0.3 is 10.5 Å². The van der Waals surface area contributed by atoms with Gasteiger partial charge in [0.25, 0.3) is 0 Å². The maximum atomic E-state index is 6.01. The van der Waals surface area contributed by atoms with Gasteiger partial charge in [0, 0.05) is 36.3 Å². The monoisotopic (exact) mass is 293 g/mol. The Bertz CT molecular complexity index is 541. The van der Waals surface area contributed by atoms with Gasteiger partial charge in [0.2, 0.25) is 0 Å². The van der Waals surface area contributed by atoms with Crippen molar-refractivity contribution in [2.24, 2.45) is 5.73 Å². The minimum absolute atomic E-state index is 0.0600. The summed E-state index contributed by atoms with van der Waals surface area (Å²) in [5.74, 6) is 0. The summed E-state index contributed by atoms with van der Waals surface area (Å²) in [7, 11) is 0. The Kier molecular flexibility index (Phi) is 4.11. The molecule has 108 valence electrons. The molecule has 6 nitrogen and oxygen atoms in total. The van der Waals surface area contributed by atoms with Gasteiger partial charge in [-0.25, -0.2) is 4.98 Å². The number of rotatable bonds is 4. The number of aryl methyl sites for hydroxylation is 1. The van der Waals surface area contributed by atoms with E-state index < -0.39 is 0 Å². The van der Waals surface area contributed by atoms with Crippen molar-refractivity contribution >= 4 is 11.3 Å². The number of aromatic amines is 1. The molecule has 20 heavy (non-hydrogen) atoms. The van der Waals surface area contributed by atoms with Crippen molar-refractivity contribution in [3.63, 3.8) is 0 Å². The second-order valence-corrected chi connectivity index (χ2v) is 5.83. The summed E-state index contributed by atoms with van der Waals surface area (Å²) in [5.41, 5.74) is 10.1. The highest BCUT2D eigenvalue weighted by atomic mass is 32.1. The van der Waals surface area contributed by atoms with E-state index in [1.54, 1.807) is 11.3 Å². The number of nitrogens with zero attached hydrogens (tertiary/aromatic N) is 3. The molecule has 2 aromatic heterocycles. The predicted octanol–water partition coefficient (Wildman–Crippen LogP) is 1.25. The number of morpholine rings is 1. The van der Waals surface area contributed by atoms with Gasteiger partial charge in [-0.15, -0.1) is 11.3 Å². The summed E-state index contributed by atoms with van der Waals surface area (Å²) in [6, 6.07) is 0.223. The number of H-pyrrole nitrogens is 1. The molecule has 1 aliphatic heterocycles. The second-order valence-electron chi connectivity index (χ2n) is 4.94. The minimum atomic E-state index is 0.0600. The SMILES string of the molecule is Cc1ncsc1C(CN)N1CCOC(c2cn[nH]c2)C1. The van der Waals surface area contributed by atoms with E-state index in [1.165, 1.54) is 4.88 Å². The average Bonchev–Trinajstić information content (AvgIpc) is 3.13. The van der Waals surface area contributed by atoms with Gasteiger partial charge in [-0.3, -0.25) is 10.00 Å². The van der Waals surface area contributed by atoms with Crippen molar-refractivity contribution < 1.29 is 4.74 Å². The zero-order valence-electron chi connectivity index (χ0n) is 11.5. The first kappa shape index (κ1) is 13.7. The van der Waals surface area contributed by atoms with Crippen LogP contribution in [0.2, 0.25) is 0 Å². The van der Waals surface area contributed by atoms with E-state index in [1.807, 2.05) is 24.8 Å². The number of hydrogen-bond acceptors (Lipinski definition) is 6. The first-order valence-electron chi connectivity index (χ1n) is 6.74. The van der Waals surface area contributed by atoms with Crippen molar-refractivity contribution in [1.82, 2.24) is 20.1 Å². The van der Waals surface area contributed by atoms with Crippen LogP contribution in [0.4, 0.5) is 0 Å². The number of ether oxygens (including phenoxy) is 1. The van der Waals surface area contributed by atoms with Crippen LogP contribution in [-0.2, 0) is 4.74 Å². The van der Waals surface area contributed by atoms with Crippen molar-refractivity contribution in [2.45, 2.75) is 19.1 Å². The average molecular weight is 293 g/mol. The van der Waals surface area contributed by atoms with Crippen molar-refractivity contribution in [1.29, 1.82) is 0 Å². The molecule has 3 N–H and O–H groups in total. The number of aromatic nitrogens is 3. The number of nitrogens with two attached hydrogens (primary N) is 1. The first-order chi connectivity index (χ1) is 9.79. The fourth-order valence-electron chi connectivity index (χ4n) is 2.64. The Morgan fingerprint density at radius 1 is 1.65 bits per heavy atom. The zero-order chi connectivity index (χ0) is 13.9. The number of nitrogens with one attached hydrogen (secondary N) is 1. The Morgan fingerprint density at radius 3 is 3.20 bits per heavy atom. The second kappa shape index (κ2) is 6.01. The molecule has 1 saturated heterocycles. The van der Waals surface area contributed by atoms with Crippen molar-refractivity contribution in [3.05, 3.63) is 34.0 Å². The Balaban J connectivity index is 1.77. The molecule has 0 aromatic carbocycles. The normalized spacial score (nSPS) is 22.0. The standard InChI is InChI=1S/C13H19N5OS/c1-9-13(20-8-15-9)11(4-14)18-2-3-19-12(7-18)10-5-16-17-6-10/h5-6,8,11-12H,2-4,7,14H2,1H3,(H,16,17). The first-order valence-corrected chi connectivity index (χ1v) is 7.62. The van der Waals surface area contributed by atoms with Crippen molar-refractivity contribution in [3.8, 4) is 0 Å². The van der Waals surface area contributed by atoms with Crippen LogP contribution in [0.15, 0.2) is 17.9 Å².